The van der Waals surface area contributed by atoms with Crippen molar-refractivity contribution in [1.82, 2.24) is 20.0 Å². The van der Waals surface area contributed by atoms with Gasteiger partial charge in [-0.1, -0.05) is 37.3 Å². The molecule has 0 radical (unpaired) electrons. The van der Waals surface area contributed by atoms with E-state index in [1.807, 2.05) is 4.90 Å². The van der Waals surface area contributed by atoms with Crippen molar-refractivity contribution in [2.24, 2.45) is 5.92 Å². The standard InChI is InChI=1S/C20H32N4O/c1-18-6-5-10-22(16-18)11-9-21-20(25)24-14-12-23(13-15-24)17-19-7-3-2-4-8-19/h2-4,7-8,18H,5-6,9-17H2,1H3,(H,21,25). The zero-order valence-corrected chi connectivity index (χ0v) is 15.5. The quantitative estimate of drug-likeness (QED) is 0.890. The van der Waals surface area contributed by atoms with Crippen LogP contribution < -0.4 is 5.32 Å². The number of benzene rings is 1. The molecule has 0 bridgehead atoms. The highest BCUT2D eigenvalue weighted by molar-refractivity contribution is 5.74. The van der Waals surface area contributed by atoms with E-state index in [9.17, 15) is 4.79 Å². The van der Waals surface area contributed by atoms with E-state index in [1.165, 1.54) is 31.5 Å². The van der Waals surface area contributed by atoms with Gasteiger partial charge in [0.1, 0.15) is 0 Å². The Balaban J connectivity index is 1.32. The van der Waals surface area contributed by atoms with Crippen LogP contribution in [-0.2, 0) is 6.54 Å². The van der Waals surface area contributed by atoms with Crippen molar-refractivity contribution in [1.29, 1.82) is 0 Å². The molecule has 2 saturated heterocycles. The summed E-state index contributed by atoms with van der Waals surface area (Å²) in [5.74, 6) is 0.794. The van der Waals surface area contributed by atoms with Crippen LogP contribution in [0.4, 0.5) is 4.79 Å². The second-order valence-electron chi connectivity index (χ2n) is 7.53. The van der Waals surface area contributed by atoms with Crippen molar-refractivity contribution in [2.45, 2.75) is 26.3 Å². The van der Waals surface area contributed by atoms with Gasteiger partial charge >= 0.3 is 6.03 Å². The number of hydrogen-bond donors (Lipinski definition) is 1. The molecule has 2 amide bonds. The van der Waals surface area contributed by atoms with E-state index in [0.29, 0.717) is 0 Å². The lowest BCUT2D eigenvalue weighted by Crippen LogP contribution is -2.52. The number of amides is 2. The molecule has 1 aromatic rings. The molecule has 138 valence electrons. The molecule has 1 aromatic carbocycles. The van der Waals surface area contributed by atoms with Crippen LogP contribution in [0.2, 0.25) is 0 Å². The predicted octanol–water partition coefficient (Wildman–Crippen LogP) is 2.25. The van der Waals surface area contributed by atoms with Crippen LogP contribution in [0.3, 0.4) is 0 Å². The summed E-state index contributed by atoms with van der Waals surface area (Å²) in [5.41, 5.74) is 1.34. The number of carbonyl (C=O) groups excluding carboxylic acids is 1. The van der Waals surface area contributed by atoms with Gasteiger partial charge in [0.05, 0.1) is 0 Å². The fraction of sp³-hybridized carbons (Fsp3) is 0.650. The van der Waals surface area contributed by atoms with Gasteiger partial charge in [0.25, 0.3) is 0 Å². The Kier molecular flexibility index (Phi) is 6.70. The summed E-state index contributed by atoms with van der Waals surface area (Å²) in [6.07, 6.45) is 2.63. The first-order chi connectivity index (χ1) is 12.2. The van der Waals surface area contributed by atoms with Crippen molar-refractivity contribution in [3.8, 4) is 0 Å². The zero-order chi connectivity index (χ0) is 17.5. The minimum atomic E-state index is 0.101. The number of carbonyl (C=O) groups is 1. The van der Waals surface area contributed by atoms with Crippen LogP contribution in [0.1, 0.15) is 25.3 Å². The van der Waals surface area contributed by atoms with Crippen LogP contribution >= 0.6 is 0 Å². The van der Waals surface area contributed by atoms with Gasteiger partial charge in [-0.2, -0.15) is 0 Å². The maximum Gasteiger partial charge on any atom is 0.317 e. The van der Waals surface area contributed by atoms with Gasteiger partial charge in [0, 0.05) is 52.4 Å². The van der Waals surface area contributed by atoms with E-state index in [0.717, 1.165) is 51.7 Å². The highest BCUT2D eigenvalue weighted by Crippen LogP contribution is 2.14. The predicted molar refractivity (Wildman–Crippen MR) is 102 cm³/mol. The molecule has 1 unspecified atom stereocenters. The van der Waals surface area contributed by atoms with Crippen LogP contribution in [-0.4, -0.2) is 73.1 Å². The van der Waals surface area contributed by atoms with Crippen LogP contribution in [0.5, 0.6) is 0 Å². The summed E-state index contributed by atoms with van der Waals surface area (Å²) in [6.45, 7) is 10.9. The number of piperidine rings is 1. The maximum atomic E-state index is 12.3. The van der Waals surface area contributed by atoms with Gasteiger partial charge < -0.3 is 15.1 Å². The lowest BCUT2D eigenvalue weighted by atomic mass is 10.0. The van der Waals surface area contributed by atoms with Crippen molar-refractivity contribution >= 4 is 6.03 Å². The minimum Gasteiger partial charge on any atom is -0.337 e. The second-order valence-corrected chi connectivity index (χ2v) is 7.53. The molecule has 0 aliphatic carbocycles. The average molecular weight is 345 g/mol. The molecule has 0 saturated carbocycles. The number of likely N-dealkylation sites (tertiary alicyclic amines) is 1. The molecule has 2 fully saturated rings. The number of nitrogens with zero attached hydrogens (tertiary/aromatic N) is 3. The normalized spacial score (nSPS) is 22.8. The Labute approximate surface area is 152 Å². The van der Waals surface area contributed by atoms with Crippen LogP contribution in [0, 0.1) is 5.92 Å². The van der Waals surface area contributed by atoms with E-state index < -0.39 is 0 Å². The van der Waals surface area contributed by atoms with E-state index in [1.54, 1.807) is 0 Å². The molecule has 2 aliphatic heterocycles. The van der Waals surface area contributed by atoms with E-state index in [2.05, 4.69) is 52.4 Å². The van der Waals surface area contributed by atoms with E-state index in [4.69, 9.17) is 0 Å². The fourth-order valence-corrected chi connectivity index (χ4v) is 3.87. The second kappa shape index (κ2) is 9.20. The summed E-state index contributed by atoms with van der Waals surface area (Å²) in [7, 11) is 0. The SMILES string of the molecule is CC1CCCN(CCNC(=O)N2CCN(Cc3ccccc3)CC2)C1. The lowest BCUT2D eigenvalue weighted by Gasteiger charge is -2.35. The summed E-state index contributed by atoms with van der Waals surface area (Å²) >= 11 is 0. The summed E-state index contributed by atoms with van der Waals surface area (Å²) in [6, 6.07) is 10.7. The third-order valence-electron chi connectivity index (χ3n) is 5.35. The zero-order valence-electron chi connectivity index (χ0n) is 15.5. The molecule has 0 spiro atoms. The Morgan fingerprint density at radius 2 is 1.84 bits per heavy atom. The largest absolute Gasteiger partial charge is 0.337 e. The Bertz CT molecular complexity index is 528. The van der Waals surface area contributed by atoms with E-state index in [-0.39, 0.29) is 6.03 Å². The molecule has 3 rings (SSSR count). The molecule has 1 atom stereocenters. The number of piperazine rings is 1. The maximum absolute atomic E-state index is 12.3. The van der Waals surface area contributed by atoms with Crippen molar-refractivity contribution in [3.63, 3.8) is 0 Å². The molecule has 5 nitrogen and oxygen atoms in total. The van der Waals surface area contributed by atoms with Crippen LogP contribution in [0.15, 0.2) is 30.3 Å². The molecule has 0 aromatic heterocycles. The molecule has 2 aliphatic rings. The van der Waals surface area contributed by atoms with Gasteiger partial charge in [0.2, 0.25) is 0 Å². The smallest absolute Gasteiger partial charge is 0.317 e. The first-order valence-electron chi connectivity index (χ1n) is 9.72. The van der Waals surface area contributed by atoms with Gasteiger partial charge in [-0.3, -0.25) is 4.90 Å². The number of rotatable bonds is 5. The molecular formula is C20H32N4O. The molecule has 2 heterocycles. The van der Waals surface area contributed by atoms with Gasteiger partial charge in [-0.15, -0.1) is 0 Å². The van der Waals surface area contributed by atoms with Gasteiger partial charge in [0.15, 0.2) is 0 Å². The summed E-state index contributed by atoms with van der Waals surface area (Å²) < 4.78 is 0. The monoisotopic (exact) mass is 344 g/mol. The summed E-state index contributed by atoms with van der Waals surface area (Å²) in [5, 5.41) is 3.11. The Hall–Kier alpha value is -1.59. The number of urea groups is 1. The highest BCUT2D eigenvalue weighted by atomic mass is 16.2. The summed E-state index contributed by atoms with van der Waals surface area (Å²) in [4.78, 5) is 19.2. The number of hydrogen-bond acceptors (Lipinski definition) is 3. The molecular weight excluding hydrogens is 312 g/mol. The third kappa shape index (κ3) is 5.72. The Morgan fingerprint density at radius 3 is 2.56 bits per heavy atom. The fourth-order valence-electron chi connectivity index (χ4n) is 3.87. The van der Waals surface area contributed by atoms with Gasteiger partial charge in [-0.05, 0) is 30.9 Å². The third-order valence-corrected chi connectivity index (χ3v) is 5.35. The van der Waals surface area contributed by atoms with Crippen molar-refractivity contribution < 1.29 is 4.79 Å². The molecule has 1 N–H and O–H groups in total. The number of nitrogens with one attached hydrogen (secondary N) is 1. The lowest BCUT2D eigenvalue weighted by molar-refractivity contribution is 0.133. The molecule has 5 heteroatoms. The first kappa shape index (κ1) is 18.2. The first-order valence-corrected chi connectivity index (χ1v) is 9.72. The Morgan fingerprint density at radius 1 is 1.08 bits per heavy atom. The average Bonchev–Trinajstić information content (AvgIpc) is 2.63. The molecule has 25 heavy (non-hydrogen) atoms. The van der Waals surface area contributed by atoms with Crippen LogP contribution in [0.25, 0.3) is 0 Å². The van der Waals surface area contributed by atoms with Crippen molar-refractivity contribution in [2.75, 3.05) is 52.4 Å². The minimum absolute atomic E-state index is 0.101. The topological polar surface area (TPSA) is 38.8 Å². The van der Waals surface area contributed by atoms with Crippen molar-refractivity contribution in [3.05, 3.63) is 35.9 Å². The van der Waals surface area contributed by atoms with Gasteiger partial charge in [-0.25, -0.2) is 4.79 Å². The van der Waals surface area contributed by atoms with E-state index >= 15 is 0 Å². The highest BCUT2D eigenvalue weighted by Gasteiger charge is 2.21.